The van der Waals surface area contributed by atoms with Crippen LogP contribution in [0.2, 0.25) is 0 Å². The summed E-state index contributed by atoms with van der Waals surface area (Å²) in [4.78, 5) is 12.1. The fourth-order valence-electron chi connectivity index (χ4n) is 1.35. The highest BCUT2D eigenvalue weighted by Gasteiger charge is 2.30. The van der Waals surface area contributed by atoms with Gasteiger partial charge in [-0.3, -0.25) is 4.79 Å². The Labute approximate surface area is 103 Å². The zero-order valence-corrected chi connectivity index (χ0v) is 9.57. The Kier molecular flexibility index (Phi) is 5.23. The van der Waals surface area contributed by atoms with E-state index in [9.17, 15) is 9.28 Å². The Hall–Kier alpha value is -1.48. The Morgan fingerprint density at radius 1 is 1.33 bits per heavy atom. The molecular formula is C10H15FN2O5. The number of aliphatic hydroxyl groups is 3. The molecule has 7 nitrogen and oxygen atoms in total. The van der Waals surface area contributed by atoms with E-state index in [-0.39, 0.29) is 10.9 Å². The van der Waals surface area contributed by atoms with Crippen molar-refractivity contribution in [2.45, 2.75) is 12.3 Å². The number of carbonyl (C=O) groups is 1. The fraction of sp³-hybridized carbons (Fsp3) is 0.500. The minimum absolute atomic E-state index is 0.196. The van der Waals surface area contributed by atoms with Crippen LogP contribution in [0.5, 0.6) is 0 Å². The van der Waals surface area contributed by atoms with Crippen molar-refractivity contribution in [2.24, 2.45) is 0 Å². The number of amides is 1. The number of halogens is 1. The fourth-order valence-corrected chi connectivity index (χ4v) is 1.35. The molecule has 1 aliphatic heterocycles. The molecule has 1 rings (SSSR count). The average Bonchev–Trinajstić information content (AvgIpc) is 2.39. The molecule has 0 saturated heterocycles. The van der Waals surface area contributed by atoms with Gasteiger partial charge in [0.25, 0.3) is 5.91 Å². The summed E-state index contributed by atoms with van der Waals surface area (Å²) in [6.45, 7) is 1.88. The number of rotatable bonds is 6. The Balaban J connectivity index is 2.79. The molecule has 1 unspecified atom stereocenters. The molecule has 0 radical (unpaired) electrons. The van der Waals surface area contributed by atoms with Crippen LogP contribution in [0.25, 0.3) is 0 Å². The number of aliphatic hydroxyl groups excluding tert-OH is 3. The predicted molar refractivity (Wildman–Crippen MR) is 58.0 cm³/mol. The zero-order valence-electron chi connectivity index (χ0n) is 9.57. The van der Waals surface area contributed by atoms with E-state index in [0.29, 0.717) is 0 Å². The van der Waals surface area contributed by atoms with E-state index in [1.165, 1.54) is 6.20 Å². The second-order valence-corrected chi connectivity index (χ2v) is 3.52. The minimum Gasteiger partial charge on any atom is -0.394 e. The lowest BCUT2D eigenvalue weighted by atomic mass is 10.3. The molecule has 0 saturated carbocycles. The average molecular weight is 262 g/mol. The van der Waals surface area contributed by atoms with Crippen LogP contribution < -0.4 is 0 Å². The molecule has 0 aromatic heterocycles. The highest BCUT2D eigenvalue weighted by Crippen LogP contribution is 2.20. The molecule has 8 heteroatoms. The van der Waals surface area contributed by atoms with Gasteiger partial charge in [0, 0.05) is 12.3 Å². The summed E-state index contributed by atoms with van der Waals surface area (Å²) in [5, 5.41) is 26.7. The van der Waals surface area contributed by atoms with Crippen LogP contribution in [0.15, 0.2) is 24.7 Å². The van der Waals surface area contributed by atoms with Crippen molar-refractivity contribution in [3.63, 3.8) is 0 Å². The van der Waals surface area contributed by atoms with Gasteiger partial charge in [-0.05, 0) is 0 Å². The van der Waals surface area contributed by atoms with Crippen LogP contribution in [0.4, 0.5) is 4.48 Å². The van der Waals surface area contributed by atoms with E-state index >= 15 is 0 Å². The van der Waals surface area contributed by atoms with E-state index in [0.717, 1.165) is 11.0 Å². The first-order valence-corrected chi connectivity index (χ1v) is 5.18. The largest absolute Gasteiger partial charge is 0.394 e. The second kappa shape index (κ2) is 6.45. The molecule has 0 spiro atoms. The van der Waals surface area contributed by atoms with Crippen LogP contribution in [0, 0.1) is 0 Å². The van der Waals surface area contributed by atoms with Crippen molar-refractivity contribution in [1.29, 1.82) is 0 Å². The van der Waals surface area contributed by atoms with Crippen molar-refractivity contribution < 1.29 is 29.3 Å². The second-order valence-electron chi connectivity index (χ2n) is 3.52. The van der Waals surface area contributed by atoms with Crippen LogP contribution in [-0.2, 0) is 9.53 Å². The molecule has 1 amide bonds. The third kappa shape index (κ3) is 3.05. The van der Waals surface area contributed by atoms with Gasteiger partial charge in [0.2, 0.25) is 0 Å². The third-order valence-corrected chi connectivity index (χ3v) is 2.32. The number of hydrogen-bond acceptors (Lipinski definition) is 6. The summed E-state index contributed by atoms with van der Waals surface area (Å²) in [7, 11) is 0. The van der Waals surface area contributed by atoms with Crippen molar-refractivity contribution in [3.8, 4) is 0 Å². The van der Waals surface area contributed by atoms with Gasteiger partial charge >= 0.3 is 0 Å². The van der Waals surface area contributed by atoms with Gasteiger partial charge in [0.05, 0.1) is 19.8 Å². The summed E-state index contributed by atoms with van der Waals surface area (Å²) < 4.78 is 18.4. The maximum atomic E-state index is 13.3. The first-order chi connectivity index (χ1) is 8.54. The lowest BCUT2D eigenvalue weighted by Crippen LogP contribution is -2.45. The molecule has 0 fully saturated rings. The van der Waals surface area contributed by atoms with E-state index in [1.54, 1.807) is 0 Å². The zero-order chi connectivity index (χ0) is 13.7. The maximum absolute atomic E-state index is 13.3. The van der Waals surface area contributed by atoms with Gasteiger partial charge in [-0.25, -0.2) is 0 Å². The molecule has 0 bridgehead atoms. The van der Waals surface area contributed by atoms with Crippen molar-refractivity contribution in [3.05, 3.63) is 24.7 Å². The molecule has 1 atom stereocenters. The molecule has 18 heavy (non-hydrogen) atoms. The highest BCUT2D eigenvalue weighted by atomic mass is 19.2. The lowest BCUT2D eigenvalue weighted by molar-refractivity contribution is -0.154. The number of hydrogen-bond donors (Lipinski definition) is 3. The molecule has 0 aromatic carbocycles. The number of ether oxygens (including phenoxy) is 1. The monoisotopic (exact) mass is 262 g/mol. The molecule has 1 aliphatic rings. The van der Waals surface area contributed by atoms with Gasteiger partial charge in [0.15, 0.2) is 6.23 Å². The molecule has 3 N–H and O–H groups in total. The van der Waals surface area contributed by atoms with E-state index in [1.807, 2.05) is 0 Å². The van der Waals surface area contributed by atoms with Gasteiger partial charge in [-0.15, -0.1) is 5.12 Å². The van der Waals surface area contributed by atoms with Gasteiger partial charge in [-0.2, -0.15) is 0 Å². The van der Waals surface area contributed by atoms with Crippen LogP contribution >= 0.6 is 0 Å². The summed E-state index contributed by atoms with van der Waals surface area (Å²) in [6.07, 6.45) is 0.152. The number of carbonyl (C=O) groups excluding carboxylic acids is 1. The Morgan fingerprint density at radius 3 is 2.44 bits per heavy atom. The number of nitrogens with zero attached hydrogens (tertiary/aromatic N) is 2. The van der Waals surface area contributed by atoms with Crippen LogP contribution in [0.1, 0.15) is 0 Å². The van der Waals surface area contributed by atoms with E-state index in [4.69, 9.17) is 20.1 Å². The van der Waals surface area contributed by atoms with Crippen LogP contribution in [-0.4, -0.2) is 63.4 Å². The molecule has 1 heterocycles. The van der Waals surface area contributed by atoms with Gasteiger partial charge in [-0.1, -0.05) is 11.1 Å². The summed E-state index contributed by atoms with van der Waals surface area (Å²) >= 11 is 0. The summed E-state index contributed by atoms with van der Waals surface area (Å²) in [5.41, 5.74) is 0. The lowest BCUT2D eigenvalue weighted by Gasteiger charge is -2.35. The Morgan fingerprint density at radius 2 is 1.94 bits per heavy atom. The molecule has 0 aromatic rings. The first-order valence-electron chi connectivity index (χ1n) is 5.18. The Bertz CT molecular complexity index is 345. The molecular weight excluding hydrogens is 247 g/mol. The predicted octanol–water partition coefficient (Wildman–Crippen LogP) is -1.31. The minimum atomic E-state index is -1.07. The van der Waals surface area contributed by atoms with Crippen molar-refractivity contribution in [1.82, 2.24) is 10.0 Å². The van der Waals surface area contributed by atoms with Crippen molar-refractivity contribution in [2.75, 3.05) is 19.8 Å². The molecule has 0 aliphatic carbocycles. The first kappa shape index (κ1) is 14.6. The van der Waals surface area contributed by atoms with E-state index < -0.39 is 38.1 Å². The summed E-state index contributed by atoms with van der Waals surface area (Å²) in [6, 6.07) is 0. The smallest absolute Gasteiger partial charge is 0.281 e. The van der Waals surface area contributed by atoms with Gasteiger partial charge in [0.1, 0.15) is 11.9 Å². The van der Waals surface area contributed by atoms with Crippen molar-refractivity contribution >= 4 is 5.91 Å². The standard InChI is InChI=1S/C10H15FN2O5/c1-7-12(3-2-9(17)13(7)11)10(6-16)18-8(4-14)5-15/h2-3,8,10,14-16H,1,4-6H2. The van der Waals surface area contributed by atoms with E-state index in [2.05, 4.69) is 6.58 Å². The van der Waals surface area contributed by atoms with Crippen LogP contribution in [0.3, 0.4) is 0 Å². The van der Waals surface area contributed by atoms with Gasteiger partial charge < -0.3 is 25.0 Å². The normalized spacial score (nSPS) is 17.8. The topological polar surface area (TPSA) is 93.5 Å². The third-order valence-electron chi connectivity index (χ3n) is 2.32. The highest BCUT2D eigenvalue weighted by molar-refractivity contribution is 5.88. The SMILES string of the molecule is C=C1N(F)C(=O)C=CN1C(CO)OC(CO)CO. The maximum Gasteiger partial charge on any atom is 0.281 e. The summed E-state index contributed by atoms with van der Waals surface area (Å²) in [5.74, 6) is -1.22. The molecule has 102 valence electrons. The quantitative estimate of drug-likeness (QED) is 0.515.